The van der Waals surface area contributed by atoms with Gasteiger partial charge in [0.2, 0.25) is 35.4 Å². The van der Waals surface area contributed by atoms with Crippen LogP contribution in [0.5, 0.6) is 0 Å². The fourth-order valence-electron chi connectivity index (χ4n) is 11.9. The first-order valence-electron chi connectivity index (χ1n) is 32.0. The van der Waals surface area contributed by atoms with Gasteiger partial charge in [-0.15, -0.1) is 0 Å². The van der Waals surface area contributed by atoms with Crippen molar-refractivity contribution in [2.45, 2.75) is 98.6 Å². The van der Waals surface area contributed by atoms with E-state index in [1.807, 2.05) is 93.6 Å². The number of amides is 6. The summed E-state index contributed by atoms with van der Waals surface area (Å²) in [6, 6.07) is 26.8. The van der Waals surface area contributed by atoms with Crippen molar-refractivity contribution >= 4 is 129 Å². The van der Waals surface area contributed by atoms with E-state index in [9.17, 15) is 28.8 Å². The molecule has 6 amide bonds. The standard InChI is InChI=1S/C72H75N12O13P/c1-43-28-67(88)82(70-55(76-43)31-49(34-73-70)22-25-64(85)79(7)37-61-46(4)52-16-10-13-19-58(52)95-61)40-92-98(91,93-41-83-68(89)29-44(2)77-56-32-50(35-74-71(56)83)23-26-65(86)80(8)38-62-47(5)53-17-11-14-20-59(53)96-62)94-42-84-69(90)30-45(3)78-57-33-51(36-75-72(57)84)24-27-66(87)81(9)39-63-48(6)54-18-12-15-21-60(54)97-63/h10-27,31-36,43-45,76-78H,28-30,37-42H2,1-9H3/b25-22+,26-23+,27-24+/t43-,44-,45-/m1/s1. The molecule has 9 heterocycles. The number of nitrogens with zero attached hydrogens (tertiary/aromatic N) is 9. The first-order chi connectivity index (χ1) is 47.0. The number of aromatic nitrogens is 3. The lowest BCUT2D eigenvalue weighted by molar-refractivity contribution is -0.126. The zero-order valence-electron chi connectivity index (χ0n) is 55.7. The normalized spacial score (nSPS) is 16.6. The van der Waals surface area contributed by atoms with Crippen molar-refractivity contribution in [1.82, 2.24) is 29.7 Å². The molecule has 6 aromatic heterocycles. The molecular weight excluding hydrogens is 1270 g/mol. The number of para-hydroxylation sites is 3. The Morgan fingerprint density at radius 2 is 0.765 bits per heavy atom. The number of benzene rings is 3. The molecule has 26 heteroatoms. The summed E-state index contributed by atoms with van der Waals surface area (Å²) in [5, 5.41) is 12.9. The molecule has 3 aromatic carbocycles. The Morgan fingerprint density at radius 3 is 1.04 bits per heavy atom. The largest absolute Gasteiger partial charge is 0.480 e. The average Bonchev–Trinajstić information content (AvgIpc) is 1.86. The van der Waals surface area contributed by atoms with Crippen molar-refractivity contribution in [2.24, 2.45) is 0 Å². The second kappa shape index (κ2) is 28.5. The number of carbonyl (C=O) groups excluding carboxylic acids is 6. The van der Waals surface area contributed by atoms with Crippen LogP contribution in [0.1, 0.15) is 90.7 Å². The molecule has 0 radical (unpaired) electrons. The Morgan fingerprint density at radius 1 is 0.490 bits per heavy atom. The number of hydrogen-bond donors (Lipinski definition) is 3. The van der Waals surface area contributed by atoms with Crippen LogP contribution in [0.15, 0.2) is 141 Å². The molecule has 3 aliphatic heterocycles. The minimum absolute atomic E-state index is 0.0678. The van der Waals surface area contributed by atoms with Crippen molar-refractivity contribution in [3.8, 4) is 0 Å². The minimum atomic E-state index is -5.06. The van der Waals surface area contributed by atoms with Crippen LogP contribution in [0.2, 0.25) is 0 Å². The number of furan rings is 3. The monoisotopic (exact) mass is 1350 g/mol. The van der Waals surface area contributed by atoms with Gasteiger partial charge in [-0.05, 0) is 113 Å². The minimum Gasteiger partial charge on any atom is -0.459 e. The van der Waals surface area contributed by atoms with Gasteiger partial charge in [-0.3, -0.25) is 57.0 Å². The number of nitrogens with one attached hydrogen (secondary N) is 3. The van der Waals surface area contributed by atoms with Gasteiger partial charge in [-0.2, -0.15) is 0 Å². The van der Waals surface area contributed by atoms with E-state index in [0.29, 0.717) is 51.0 Å². The predicted octanol–water partition coefficient (Wildman–Crippen LogP) is 12.1. The number of phosphoric acid groups is 1. The van der Waals surface area contributed by atoms with Gasteiger partial charge in [0.15, 0.2) is 17.5 Å². The van der Waals surface area contributed by atoms with Gasteiger partial charge in [0.25, 0.3) is 0 Å². The molecule has 3 atom stereocenters. The molecule has 0 fully saturated rings. The van der Waals surface area contributed by atoms with Crippen molar-refractivity contribution in [3.05, 3.63) is 178 Å². The van der Waals surface area contributed by atoms with Crippen molar-refractivity contribution in [2.75, 3.05) is 72.0 Å². The molecule has 25 nitrogen and oxygen atoms in total. The van der Waals surface area contributed by atoms with Crippen LogP contribution in [0, 0.1) is 20.8 Å². The Labute approximate surface area is 565 Å². The Balaban J connectivity index is 0.791. The summed E-state index contributed by atoms with van der Waals surface area (Å²) in [6.07, 6.45) is 13.2. The maximum Gasteiger partial charge on any atom is 0.480 e. The van der Waals surface area contributed by atoms with Crippen LogP contribution in [0.25, 0.3) is 51.1 Å². The highest BCUT2D eigenvalue weighted by Crippen LogP contribution is 2.51. The number of carbonyl (C=O) groups is 6. The number of aryl methyl sites for hydroxylation is 3. The second-order valence-corrected chi connectivity index (χ2v) is 26.5. The molecule has 0 bridgehead atoms. The zero-order chi connectivity index (χ0) is 69.1. The number of likely N-dealkylation sites (N-methyl/N-ethyl adjacent to an activating group) is 3. The van der Waals surface area contributed by atoms with E-state index in [-0.39, 0.29) is 74.1 Å². The smallest absolute Gasteiger partial charge is 0.459 e. The summed E-state index contributed by atoms with van der Waals surface area (Å²) >= 11 is 0. The topological polar surface area (TPSA) is 281 Å². The number of rotatable bonds is 21. The quantitative estimate of drug-likeness (QED) is 0.0445. The first-order valence-corrected chi connectivity index (χ1v) is 33.5. The third-order valence-electron chi connectivity index (χ3n) is 17.4. The lowest BCUT2D eigenvalue weighted by Gasteiger charge is -2.28. The van der Waals surface area contributed by atoms with E-state index in [2.05, 4.69) is 30.9 Å². The second-order valence-electron chi connectivity index (χ2n) is 24.9. The number of hydrogen-bond acceptors (Lipinski definition) is 19. The number of fused-ring (bicyclic) bond motifs is 6. The molecule has 0 saturated heterocycles. The molecule has 9 aromatic rings. The highest BCUT2D eigenvalue weighted by molar-refractivity contribution is 7.48. The molecule has 0 saturated carbocycles. The molecule has 12 rings (SSSR count). The highest BCUT2D eigenvalue weighted by atomic mass is 31.2. The molecule has 0 unspecified atom stereocenters. The van der Waals surface area contributed by atoms with Crippen LogP contribution >= 0.6 is 7.82 Å². The van der Waals surface area contributed by atoms with Crippen molar-refractivity contribution in [1.29, 1.82) is 0 Å². The van der Waals surface area contributed by atoms with Crippen LogP contribution in [0.4, 0.5) is 34.5 Å². The van der Waals surface area contributed by atoms with E-state index in [1.165, 1.54) is 66.2 Å². The summed E-state index contributed by atoms with van der Waals surface area (Å²) < 4.78 is 52.3. The molecule has 506 valence electrons. The van der Waals surface area contributed by atoms with Crippen LogP contribution in [-0.4, -0.2) is 125 Å². The summed E-state index contributed by atoms with van der Waals surface area (Å²) in [5.74, 6) is -0.0942. The van der Waals surface area contributed by atoms with Crippen molar-refractivity contribution < 1.29 is 60.2 Å². The molecule has 98 heavy (non-hydrogen) atoms. The molecule has 0 spiro atoms. The summed E-state index contributed by atoms with van der Waals surface area (Å²) in [7, 11) is -0.0446. The molecule has 3 N–H and O–H groups in total. The van der Waals surface area contributed by atoms with Gasteiger partial charge in [0.05, 0.1) is 36.7 Å². The van der Waals surface area contributed by atoms with E-state index < -0.39 is 63.9 Å². The van der Waals surface area contributed by atoms with Crippen LogP contribution in [-0.2, 0) is 66.5 Å². The summed E-state index contributed by atoms with van der Waals surface area (Å²) in [4.78, 5) is 105. The van der Waals surface area contributed by atoms with Gasteiger partial charge >= 0.3 is 7.82 Å². The average molecular weight is 1350 g/mol. The summed E-state index contributed by atoms with van der Waals surface area (Å²) in [5.41, 5.74) is 7.72. The fraction of sp³-hybridized carbons (Fsp3) is 0.292. The molecule has 0 aliphatic carbocycles. The van der Waals surface area contributed by atoms with Gasteiger partial charge < -0.3 is 43.9 Å². The number of anilines is 6. The van der Waals surface area contributed by atoms with E-state index in [1.54, 1.807) is 78.3 Å². The zero-order valence-corrected chi connectivity index (χ0v) is 56.6. The molecule has 3 aliphatic rings. The van der Waals surface area contributed by atoms with Crippen molar-refractivity contribution in [3.63, 3.8) is 0 Å². The Bertz CT molecular complexity index is 4280. The third kappa shape index (κ3) is 14.8. The lowest BCUT2D eigenvalue weighted by Crippen LogP contribution is -2.37. The van der Waals surface area contributed by atoms with E-state index >= 15 is 4.57 Å². The number of pyridine rings is 3. The highest BCUT2D eigenvalue weighted by Gasteiger charge is 2.38. The van der Waals surface area contributed by atoms with Gasteiger partial charge in [-0.25, -0.2) is 19.5 Å². The van der Waals surface area contributed by atoms with Crippen LogP contribution in [0.3, 0.4) is 0 Å². The Kier molecular flexibility index (Phi) is 19.6. The lowest BCUT2D eigenvalue weighted by atomic mass is 10.1. The van der Waals surface area contributed by atoms with Gasteiger partial charge in [0.1, 0.15) is 54.2 Å². The van der Waals surface area contributed by atoms with E-state index in [0.717, 1.165) is 49.6 Å². The molecular formula is C72H75N12O13P. The SMILES string of the molecule is Cc1c(CN(C)C(=O)/C=C/c2cnc3c(c2)N[C@H](C)CC(=O)N3COP(=O)(OCN2C(=O)C[C@@H](C)Nc3cc(/C=C/C(=O)N(C)Cc4oc5ccccc5c4C)cnc32)OCN2C(=O)C[C@@H](C)Nc3cc(/C=C/C(=O)N(C)Cc4oc5ccccc5c4C)cnc32)oc2ccccc12. The van der Waals surface area contributed by atoms with Gasteiger partial charge in [-0.1, -0.05) is 54.6 Å². The van der Waals surface area contributed by atoms with Gasteiger partial charge in [0, 0.05) is 128 Å². The van der Waals surface area contributed by atoms with E-state index in [4.69, 9.17) is 26.8 Å². The maximum atomic E-state index is 15.6. The number of phosphoric ester groups is 1. The predicted molar refractivity (Wildman–Crippen MR) is 373 cm³/mol. The Hall–Kier alpha value is -10.7. The third-order valence-corrected chi connectivity index (χ3v) is 18.7. The summed E-state index contributed by atoms with van der Waals surface area (Å²) in [6.45, 7) is 9.64. The fourth-order valence-corrected chi connectivity index (χ4v) is 12.9. The maximum absolute atomic E-state index is 15.6. The first kappa shape index (κ1) is 67.3. The van der Waals surface area contributed by atoms with Crippen LogP contribution < -0.4 is 30.7 Å².